The van der Waals surface area contributed by atoms with Crippen molar-refractivity contribution in [1.82, 2.24) is 4.90 Å². The third-order valence-corrected chi connectivity index (χ3v) is 6.23. The third kappa shape index (κ3) is 3.95. The van der Waals surface area contributed by atoms with Crippen LogP contribution >= 0.6 is 11.3 Å². The third-order valence-electron chi connectivity index (χ3n) is 5.24. The SMILES string of the molecule is COCCC1CCOC2(CCN(C(=O)c3ccc(C)s3)CC2)C1. The molecule has 3 heterocycles. The highest BCUT2D eigenvalue weighted by Crippen LogP contribution is 2.39. The van der Waals surface area contributed by atoms with Gasteiger partial charge in [-0.15, -0.1) is 11.3 Å². The van der Waals surface area contributed by atoms with Gasteiger partial charge < -0.3 is 14.4 Å². The van der Waals surface area contributed by atoms with E-state index in [4.69, 9.17) is 9.47 Å². The molecule has 2 saturated heterocycles. The molecule has 128 valence electrons. The van der Waals surface area contributed by atoms with E-state index in [1.165, 1.54) is 4.88 Å². The Labute approximate surface area is 142 Å². The van der Waals surface area contributed by atoms with Crippen LogP contribution < -0.4 is 0 Å². The first-order valence-electron chi connectivity index (χ1n) is 8.60. The van der Waals surface area contributed by atoms with Crippen molar-refractivity contribution in [3.8, 4) is 0 Å². The zero-order chi connectivity index (χ0) is 16.3. The lowest BCUT2D eigenvalue weighted by molar-refractivity contribution is -0.125. The average Bonchev–Trinajstić information content (AvgIpc) is 3.00. The number of carbonyl (C=O) groups is 1. The molecular weight excluding hydrogens is 310 g/mol. The number of hydrogen-bond donors (Lipinski definition) is 0. The lowest BCUT2D eigenvalue weighted by Crippen LogP contribution is -2.50. The van der Waals surface area contributed by atoms with E-state index in [9.17, 15) is 4.79 Å². The van der Waals surface area contributed by atoms with E-state index >= 15 is 0 Å². The summed E-state index contributed by atoms with van der Waals surface area (Å²) in [6, 6.07) is 3.97. The first-order chi connectivity index (χ1) is 11.1. The summed E-state index contributed by atoms with van der Waals surface area (Å²) in [5.41, 5.74) is -0.00119. The molecule has 0 N–H and O–H groups in total. The van der Waals surface area contributed by atoms with Crippen LogP contribution in [0.5, 0.6) is 0 Å². The number of likely N-dealkylation sites (tertiary alicyclic amines) is 1. The summed E-state index contributed by atoms with van der Waals surface area (Å²) in [4.78, 5) is 16.6. The monoisotopic (exact) mass is 337 g/mol. The Morgan fingerprint density at radius 3 is 2.87 bits per heavy atom. The fourth-order valence-corrected chi connectivity index (χ4v) is 4.67. The number of nitrogens with zero attached hydrogens (tertiary/aromatic N) is 1. The Kier molecular flexibility index (Phi) is 5.39. The van der Waals surface area contributed by atoms with Gasteiger partial charge in [-0.25, -0.2) is 0 Å². The minimum Gasteiger partial charge on any atom is -0.385 e. The van der Waals surface area contributed by atoms with Crippen molar-refractivity contribution >= 4 is 17.2 Å². The first-order valence-corrected chi connectivity index (χ1v) is 9.42. The summed E-state index contributed by atoms with van der Waals surface area (Å²) in [6.07, 6.45) is 5.32. The Balaban J connectivity index is 1.56. The fourth-order valence-electron chi connectivity index (χ4n) is 3.83. The average molecular weight is 337 g/mol. The highest BCUT2D eigenvalue weighted by molar-refractivity contribution is 7.13. The van der Waals surface area contributed by atoms with Crippen LogP contribution in [0.1, 0.15) is 46.7 Å². The van der Waals surface area contributed by atoms with Gasteiger partial charge >= 0.3 is 0 Å². The normalized spacial score (nSPS) is 24.1. The second kappa shape index (κ2) is 7.32. The summed E-state index contributed by atoms with van der Waals surface area (Å²) in [5, 5.41) is 0. The van der Waals surface area contributed by atoms with E-state index in [0.717, 1.165) is 63.3 Å². The molecule has 1 unspecified atom stereocenters. The van der Waals surface area contributed by atoms with Gasteiger partial charge in [0.25, 0.3) is 5.91 Å². The van der Waals surface area contributed by atoms with E-state index in [2.05, 4.69) is 0 Å². The minimum absolute atomic E-state index is 0.00119. The van der Waals surface area contributed by atoms with Gasteiger partial charge in [0.05, 0.1) is 10.5 Å². The van der Waals surface area contributed by atoms with Gasteiger partial charge in [-0.2, -0.15) is 0 Å². The molecule has 0 radical (unpaired) electrons. The van der Waals surface area contributed by atoms with Crippen LogP contribution in [0.3, 0.4) is 0 Å². The van der Waals surface area contributed by atoms with Crippen molar-refractivity contribution in [1.29, 1.82) is 0 Å². The Morgan fingerprint density at radius 1 is 1.43 bits per heavy atom. The summed E-state index contributed by atoms with van der Waals surface area (Å²) in [6.45, 7) is 5.36. The van der Waals surface area contributed by atoms with E-state index in [0.29, 0.717) is 5.92 Å². The second-order valence-electron chi connectivity index (χ2n) is 6.87. The van der Waals surface area contributed by atoms with Crippen molar-refractivity contribution < 1.29 is 14.3 Å². The van der Waals surface area contributed by atoms with Crippen molar-refractivity contribution in [2.24, 2.45) is 5.92 Å². The van der Waals surface area contributed by atoms with Crippen LogP contribution in [0, 0.1) is 12.8 Å². The standard InChI is InChI=1S/C18H27NO3S/c1-14-3-4-16(23-14)17(20)19-9-7-18(8-10-19)13-15(5-11-21-2)6-12-22-18/h3-4,15H,5-13H2,1-2H3. The highest BCUT2D eigenvalue weighted by Gasteiger charge is 2.41. The number of hydrogen-bond acceptors (Lipinski definition) is 4. The topological polar surface area (TPSA) is 38.8 Å². The van der Waals surface area contributed by atoms with Crippen LogP contribution in [0.4, 0.5) is 0 Å². The second-order valence-corrected chi connectivity index (χ2v) is 8.16. The molecule has 1 atom stereocenters. The molecular formula is C18H27NO3S. The molecule has 2 fully saturated rings. The van der Waals surface area contributed by atoms with E-state index in [1.54, 1.807) is 18.4 Å². The summed E-state index contributed by atoms with van der Waals surface area (Å²) in [7, 11) is 1.77. The molecule has 0 bridgehead atoms. The maximum Gasteiger partial charge on any atom is 0.263 e. The number of rotatable bonds is 4. The van der Waals surface area contributed by atoms with E-state index in [1.807, 2.05) is 24.0 Å². The van der Waals surface area contributed by atoms with Gasteiger partial charge in [0.15, 0.2) is 0 Å². The van der Waals surface area contributed by atoms with Gasteiger partial charge in [-0.05, 0) is 57.1 Å². The maximum absolute atomic E-state index is 12.6. The van der Waals surface area contributed by atoms with Crippen LogP contribution in [0.25, 0.3) is 0 Å². The number of amides is 1. The molecule has 0 aromatic carbocycles. The summed E-state index contributed by atoms with van der Waals surface area (Å²) in [5.74, 6) is 0.885. The van der Waals surface area contributed by atoms with Gasteiger partial charge in [-0.1, -0.05) is 0 Å². The van der Waals surface area contributed by atoms with Gasteiger partial charge in [0.2, 0.25) is 0 Å². The van der Waals surface area contributed by atoms with Crippen LogP contribution in [-0.2, 0) is 9.47 Å². The molecule has 2 aliphatic rings. The fraction of sp³-hybridized carbons (Fsp3) is 0.722. The lowest BCUT2D eigenvalue weighted by Gasteiger charge is -2.46. The number of ether oxygens (including phenoxy) is 2. The molecule has 4 nitrogen and oxygen atoms in total. The molecule has 1 aromatic rings. The molecule has 2 aliphatic heterocycles. The smallest absolute Gasteiger partial charge is 0.263 e. The predicted molar refractivity (Wildman–Crippen MR) is 92.1 cm³/mol. The number of piperidine rings is 1. The van der Waals surface area contributed by atoms with Gasteiger partial charge in [-0.3, -0.25) is 4.79 Å². The molecule has 1 amide bonds. The van der Waals surface area contributed by atoms with Crippen molar-refractivity contribution in [2.45, 2.75) is 44.6 Å². The summed E-state index contributed by atoms with van der Waals surface area (Å²) < 4.78 is 11.4. The Bertz CT molecular complexity index is 534. The van der Waals surface area contributed by atoms with E-state index in [-0.39, 0.29) is 11.5 Å². The quantitative estimate of drug-likeness (QED) is 0.844. The molecule has 23 heavy (non-hydrogen) atoms. The molecule has 3 rings (SSSR count). The molecule has 1 spiro atoms. The van der Waals surface area contributed by atoms with Crippen molar-refractivity contribution in [2.75, 3.05) is 33.4 Å². The van der Waals surface area contributed by atoms with Gasteiger partial charge in [0.1, 0.15) is 0 Å². The number of methoxy groups -OCH3 is 1. The minimum atomic E-state index is -0.00119. The Morgan fingerprint density at radius 2 is 2.22 bits per heavy atom. The number of carbonyl (C=O) groups excluding carboxylic acids is 1. The number of thiophene rings is 1. The largest absolute Gasteiger partial charge is 0.385 e. The van der Waals surface area contributed by atoms with Crippen molar-refractivity contribution in [3.63, 3.8) is 0 Å². The zero-order valence-electron chi connectivity index (χ0n) is 14.2. The van der Waals surface area contributed by atoms with Crippen LogP contribution in [-0.4, -0.2) is 49.8 Å². The van der Waals surface area contributed by atoms with E-state index < -0.39 is 0 Å². The maximum atomic E-state index is 12.6. The summed E-state index contributed by atoms with van der Waals surface area (Å²) >= 11 is 1.59. The Hall–Kier alpha value is -0.910. The predicted octanol–water partition coefficient (Wildman–Crippen LogP) is 3.49. The first kappa shape index (κ1) is 16.9. The highest BCUT2D eigenvalue weighted by atomic mass is 32.1. The van der Waals surface area contributed by atoms with Crippen LogP contribution in [0.2, 0.25) is 0 Å². The van der Waals surface area contributed by atoms with Crippen molar-refractivity contribution in [3.05, 3.63) is 21.9 Å². The zero-order valence-corrected chi connectivity index (χ0v) is 15.0. The molecule has 1 aromatic heterocycles. The number of aryl methyl sites for hydroxylation is 1. The molecule has 0 saturated carbocycles. The molecule has 5 heteroatoms. The lowest BCUT2D eigenvalue weighted by atomic mass is 9.78. The van der Waals surface area contributed by atoms with Crippen LogP contribution in [0.15, 0.2) is 12.1 Å². The van der Waals surface area contributed by atoms with Gasteiger partial charge in [0, 0.05) is 38.3 Å². The molecule has 0 aliphatic carbocycles.